The number of hydrogen-bond acceptors (Lipinski definition) is 3. The molecule has 2 rings (SSSR count). The maximum atomic E-state index is 5.52. The van der Waals surface area contributed by atoms with Gasteiger partial charge in [-0.05, 0) is 30.2 Å². The lowest BCUT2D eigenvalue weighted by atomic mass is 10.0. The standard InChI is InChI=1S/C16H23N3/c1-5-15-11-14(13(3)4)12-16(17-15)19-9-7-18(6-2)8-10-19/h1,11-13H,6-10H2,2-4H3. The first kappa shape index (κ1) is 13.9. The number of aromatic nitrogens is 1. The Kier molecular flexibility index (Phi) is 4.44. The van der Waals surface area contributed by atoms with E-state index >= 15 is 0 Å². The van der Waals surface area contributed by atoms with Crippen LogP contribution in [0.1, 0.15) is 37.9 Å². The minimum absolute atomic E-state index is 0.478. The van der Waals surface area contributed by atoms with Crippen LogP contribution in [0.25, 0.3) is 0 Å². The van der Waals surface area contributed by atoms with Gasteiger partial charge in [-0.1, -0.05) is 26.7 Å². The molecule has 19 heavy (non-hydrogen) atoms. The van der Waals surface area contributed by atoms with E-state index < -0.39 is 0 Å². The third-order valence-corrected chi connectivity index (χ3v) is 3.79. The van der Waals surface area contributed by atoms with E-state index in [2.05, 4.69) is 47.5 Å². The average molecular weight is 257 g/mol. The molecule has 1 aliphatic rings. The van der Waals surface area contributed by atoms with E-state index in [1.807, 2.05) is 6.07 Å². The number of piperazine rings is 1. The highest BCUT2D eigenvalue weighted by Gasteiger charge is 2.18. The molecule has 1 aliphatic heterocycles. The lowest BCUT2D eigenvalue weighted by molar-refractivity contribution is 0.270. The van der Waals surface area contributed by atoms with E-state index in [1.54, 1.807) is 0 Å². The van der Waals surface area contributed by atoms with Gasteiger partial charge in [-0.3, -0.25) is 0 Å². The molecule has 1 aromatic heterocycles. The monoisotopic (exact) mass is 257 g/mol. The van der Waals surface area contributed by atoms with Crippen LogP contribution in [0.2, 0.25) is 0 Å². The number of nitrogens with zero attached hydrogens (tertiary/aromatic N) is 3. The Labute approximate surface area is 116 Å². The number of hydrogen-bond donors (Lipinski definition) is 0. The van der Waals surface area contributed by atoms with Crippen LogP contribution < -0.4 is 4.90 Å². The van der Waals surface area contributed by atoms with Crippen molar-refractivity contribution in [2.24, 2.45) is 0 Å². The van der Waals surface area contributed by atoms with Crippen LogP contribution in [0.5, 0.6) is 0 Å². The Balaban J connectivity index is 2.20. The van der Waals surface area contributed by atoms with Crippen LogP contribution in [-0.2, 0) is 0 Å². The molecule has 0 atom stereocenters. The molecule has 3 heteroatoms. The zero-order valence-corrected chi connectivity index (χ0v) is 12.2. The topological polar surface area (TPSA) is 19.4 Å². The molecular weight excluding hydrogens is 234 g/mol. The molecule has 0 saturated carbocycles. The predicted octanol–water partition coefficient (Wildman–Crippen LogP) is 2.33. The van der Waals surface area contributed by atoms with Crippen molar-refractivity contribution in [2.45, 2.75) is 26.7 Å². The second kappa shape index (κ2) is 6.08. The van der Waals surface area contributed by atoms with Crippen molar-refractivity contribution in [1.29, 1.82) is 0 Å². The van der Waals surface area contributed by atoms with Gasteiger partial charge in [0.2, 0.25) is 0 Å². The van der Waals surface area contributed by atoms with E-state index in [4.69, 9.17) is 6.42 Å². The number of anilines is 1. The van der Waals surface area contributed by atoms with Crippen molar-refractivity contribution in [3.05, 3.63) is 23.4 Å². The van der Waals surface area contributed by atoms with Crippen molar-refractivity contribution in [3.8, 4) is 12.3 Å². The minimum atomic E-state index is 0.478. The summed E-state index contributed by atoms with van der Waals surface area (Å²) < 4.78 is 0. The highest BCUT2D eigenvalue weighted by Crippen LogP contribution is 2.22. The first-order chi connectivity index (χ1) is 9.13. The summed E-state index contributed by atoms with van der Waals surface area (Å²) in [5, 5.41) is 0. The van der Waals surface area contributed by atoms with E-state index in [9.17, 15) is 0 Å². The zero-order chi connectivity index (χ0) is 13.8. The molecular formula is C16H23N3. The Morgan fingerprint density at radius 1 is 1.26 bits per heavy atom. The van der Waals surface area contributed by atoms with E-state index in [-0.39, 0.29) is 0 Å². The fraction of sp³-hybridized carbons (Fsp3) is 0.562. The van der Waals surface area contributed by atoms with Gasteiger partial charge in [-0.25, -0.2) is 4.98 Å². The normalized spacial score (nSPS) is 16.7. The van der Waals surface area contributed by atoms with Gasteiger partial charge in [0, 0.05) is 26.2 Å². The molecule has 1 aromatic rings. The van der Waals surface area contributed by atoms with E-state index in [0.29, 0.717) is 5.92 Å². The van der Waals surface area contributed by atoms with Crippen molar-refractivity contribution in [3.63, 3.8) is 0 Å². The third kappa shape index (κ3) is 3.27. The predicted molar refractivity (Wildman–Crippen MR) is 80.6 cm³/mol. The molecule has 0 aliphatic carbocycles. The number of terminal acetylenes is 1. The zero-order valence-electron chi connectivity index (χ0n) is 12.2. The van der Waals surface area contributed by atoms with Gasteiger partial charge in [0.25, 0.3) is 0 Å². The maximum absolute atomic E-state index is 5.52. The highest BCUT2D eigenvalue weighted by atomic mass is 15.3. The molecule has 0 radical (unpaired) electrons. The van der Waals surface area contributed by atoms with Gasteiger partial charge in [0.15, 0.2) is 0 Å². The third-order valence-electron chi connectivity index (χ3n) is 3.79. The molecule has 0 aromatic carbocycles. The van der Waals surface area contributed by atoms with Gasteiger partial charge in [0.05, 0.1) is 0 Å². The Morgan fingerprint density at radius 3 is 2.47 bits per heavy atom. The van der Waals surface area contributed by atoms with E-state index in [1.165, 1.54) is 5.56 Å². The quantitative estimate of drug-likeness (QED) is 0.775. The lowest BCUT2D eigenvalue weighted by Crippen LogP contribution is -2.46. The summed E-state index contributed by atoms with van der Waals surface area (Å²) in [6.07, 6.45) is 5.52. The molecule has 0 bridgehead atoms. The van der Waals surface area contributed by atoms with Gasteiger partial charge in [-0.15, -0.1) is 6.42 Å². The molecule has 1 fully saturated rings. The molecule has 0 spiro atoms. The average Bonchev–Trinajstić information content (AvgIpc) is 2.46. The maximum Gasteiger partial charge on any atom is 0.130 e. The molecule has 3 nitrogen and oxygen atoms in total. The number of likely N-dealkylation sites (N-methyl/N-ethyl adjacent to an activating group) is 1. The Morgan fingerprint density at radius 2 is 1.95 bits per heavy atom. The Bertz CT molecular complexity index is 465. The van der Waals surface area contributed by atoms with Crippen LogP contribution in [-0.4, -0.2) is 42.6 Å². The van der Waals surface area contributed by atoms with Crippen LogP contribution >= 0.6 is 0 Å². The highest BCUT2D eigenvalue weighted by molar-refractivity contribution is 5.47. The summed E-state index contributed by atoms with van der Waals surface area (Å²) in [5.74, 6) is 4.19. The first-order valence-corrected chi connectivity index (χ1v) is 7.10. The largest absolute Gasteiger partial charge is 0.354 e. The van der Waals surface area contributed by atoms with Crippen molar-refractivity contribution < 1.29 is 0 Å². The molecule has 102 valence electrons. The lowest BCUT2D eigenvalue weighted by Gasteiger charge is -2.35. The second-order valence-corrected chi connectivity index (χ2v) is 5.36. The van der Waals surface area contributed by atoms with Crippen LogP contribution in [0.4, 0.5) is 5.82 Å². The second-order valence-electron chi connectivity index (χ2n) is 5.36. The van der Waals surface area contributed by atoms with E-state index in [0.717, 1.165) is 44.2 Å². The molecule has 0 N–H and O–H groups in total. The van der Waals surface area contributed by atoms with Gasteiger partial charge >= 0.3 is 0 Å². The summed E-state index contributed by atoms with van der Waals surface area (Å²) in [4.78, 5) is 9.39. The number of pyridine rings is 1. The summed E-state index contributed by atoms with van der Waals surface area (Å²) in [5.41, 5.74) is 2.02. The molecule has 1 saturated heterocycles. The molecule has 0 amide bonds. The smallest absolute Gasteiger partial charge is 0.130 e. The van der Waals surface area contributed by atoms with Crippen molar-refractivity contribution in [2.75, 3.05) is 37.6 Å². The summed E-state index contributed by atoms with van der Waals surface area (Å²) >= 11 is 0. The van der Waals surface area contributed by atoms with Gasteiger partial charge in [-0.2, -0.15) is 0 Å². The van der Waals surface area contributed by atoms with Crippen molar-refractivity contribution >= 4 is 5.82 Å². The first-order valence-electron chi connectivity index (χ1n) is 7.10. The fourth-order valence-electron chi connectivity index (χ4n) is 2.40. The van der Waals surface area contributed by atoms with Gasteiger partial charge < -0.3 is 9.80 Å². The summed E-state index contributed by atoms with van der Waals surface area (Å²) in [6.45, 7) is 12.0. The van der Waals surface area contributed by atoms with Crippen LogP contribution in [0, 0.1) is 12.3 Å². The van der Waals surface area contributed by atoms with Crippen LogP contribution in [0.3, 0.4) is 0 Å². The van der Waals surface area contributed by atoms with Crippen LogP contribution in [0.15, 0.2) is 12.1 Å². The summed E-state index contributed by atoms with van der Waals surface area (Å²) in [6, 6.07) is 4.21. The SMILES string of the molecule is C#Cc1cc(C(C)C)cc(N2CCN(CC)CC2)n1. The van der Waals surface area contributed by atoms with Gasteiger partial charge in [0.1, 0.15) is 11.5 Å². The minimum Gasteiger partial charge on any atom is -0.354 e. The molecule has 2 heterocycles. The molecule has 0 unspecified atom stereocenters. The summed E-state index contributed by atoms with van der Waals surface area (Å²) in [7, 11) is 0. The van der Waals surface area contributed by atoms with Crippen molar-refractivity contribution in [1.82, 2.24) is 9.88 Å². The fourth-order valence-corrected chi connectivity index (χ4v) is 2.40. The Hall–Kier alpha value is -1.53. The number of rotatable bonds is 3.